The van der Waals surface area contributed by atoms with Gasteiger partial charge >= 0.3 is 5.97 Å². The van der Waals surface area contributed by atoms with Crippen LogP contribution >= 0.6 is 11.8 Å². The fourth-order valence-corrected chi connectivity index (χ4v) is 2.89. The van der Waals surface area contributed by atoms with Gasteiger partial charge in [-0.2, -0.15) is 5.10 Å². The highest BCUT2D eigenvalue weighted by atomic mass is 32.2. The number of esters is 1. The number of thioether (sulfide) groups is 1. The molecule has 0 spiro atoms. The van der Waals surface area contributed by atoms with Crippen LogP contribution in [0.4, 0.5) is 0 Å². The van der Waals surface area contributed by atoms with Crippen molar-refractivity contribution in [3.05, 3.63) is 11.3 Å². The zero-order valence-corrected chi connectivity index (χ0v) is 14.8. The summed E-state index contributed by atoms with van der Waals surface area (Å²) in [5.74, 6) is 0.107. The molecular weight excluding hydrogens is 286 g/mol. The molecule has 5 nitrogen and oxygen atoms in total. The molecule has 1 rings (SSSR count). The predicted octanol–water partition coefficient (Wildman–Crippen LogP) is 2.66. The number of carbonyl (C=O) groups excluding carboxylic acids is 1. The van der Waals surface area contributed by atoms with Crippen LogP contribution < -0.4 is 5.32 Å². The number of nitrogens with zero attached hydrogens (tertiary/aromatic N) is 2. The molecule has 0 unspecified atom stereocenters. The summed E-state index contributed by atoms with van der Waals surface area (Å²) in [5.41, 5.74) is 1.73. The van der Waals surface area contributed by atoms with Gasteiger partial charge in [0.15, 0.2) is 0 Å². The van der Waals surface area contributed by atoms with Gasteiger partial charge in [-0.1, -0.05) is 18.7 Å². The summed E-state index contributed by atoms with van der Waals surface area (Å²) >= 11 is 1.49. The minimum Gasteiger partial charge on any atom is -0.459 e. The molecule has 1 N–H and O–H groups in total. The Labute approximate surface area is 131 Å². The Bertz CT molecular complexity index is 478. The smallest absolute Gasteiger partial charge is 0.316 e. The first kappa shape index (κ1) is 18.0. The summed E-state index contributed by atoms with van der Waals surface area (Å²) < 4.78 is 7.18. The summed E-state index contributed by atoms with van der Waals surface area (Å²) in [6.07, 6.45) is 1.10. The number of aryl methyl sites for hydroxylation is 2. The molecule has 1 heterocycles. The SMILES string of the molecule is CCCNCc1c(C)nn(C)c1SCC(=O)OC(C)(C)C. The first-order valence-corrected chi connectivity index (χ1v) is 8.31. The van der Waals surface area contributed by atoms with Crippen LogP contribution in [-0.2, 0) is 23.1 Å². The highest BCUT2D eigenvalue weighted by Crippen LogP contribution is 2.25. The van der Waals surface area contributed by atoms with Gasteiger partial charge < -0.3 is 10.1 Å². The maximum atomic E-state index is 11.8. The van der Waals surface area contributed by atoms with Crippen LogP contribution in [0.25, 0.3) is 0 Å². The molecule has 0 bridgehead atoms. The summed E-state index contributed by atoms with van der Waals surface area (Å²) in [6.45, 7) is 11.5. The van der Waals surface area contributed by atoms with E-state index >= 15 is 0 Å². The molecule has 0 saturated heterocycles. The minimum absolute atomic E-state index is 0.196. The largest absolute Gasteiger partial charge is 0.459 e. The predicted molar refractivity (Wildman–Crippen MR) is 86.5 cm³/mol. The van der Waals surface area contributed by atoms with Crippen molar-refractivity contribution in [1.82, 2.24) is 15.1 Å². The van der Waals surface area contributed by atoms with Crippen molar-refractivity contribution in [3.63, 3.8) is 0 Å². The molecule has 0 radical (unpaired) electrons. The van der Waals surface area contributed by atoms with Crippen molar-refractivity contribution in [1.29, 1.82) is 0 Å². The number of aromatic nitrogens is 2. The average molecular weight is 313 g/mol. The Hall–Kier alpha value is -1.01. The number of hydrogen-bond acceptors (Lipinski definition) is 5. The van der Waals surface area contributed by atoms with Crippen LogP contribution in [0.1, 0.15) is 45.4 Å². The quantitative estimate of drug-likeness (QED) is 0.476. The van der Waals surface area contributed by atoms with E-state index < -0.39 is 5.60 Å². The Morgan fingerprint density at radius 3 is 2.67 bits per heavy atom. The van der Waals surface area contributed by atoms with Gasteiger partial charge in [0.05, 0.1) is 16.5 Å². The lowest BCUT2D eigenvalue weighted by Crippen LogP contribution is -2.25. The van der Waals surface area contributed by atoms with Crippen molar-refractivity contribution in [2.75, 3.05) is 12.3 Å². The second-order valence-corrected chi connectivity index (χ2v) is 7.01. The van der Waals surface area contributed by atoms with Gasteiger partial charge in [0.2, 0.25) is 0 Å². The molecule has 0 aliphatic rings. The standard InChI is InChI=1S/C15H27N3O2S/c1-7-8-16-9-12-11(2)17-18(6)14(12)21-10-13(19)20-15(3,4)5/h16H,7-10H2,1-6H3. The van der Waals surface area contributed by atoms with Gasteiger partial charge in [0, 0.05) is 19.2 Å². The molecular formula is C15H27N3O2S. The Morgan fingerprint density at radius 1 is 1.43 bits per heavy atom. The fourth-order valence-electron chi connectivity index (χ4n) is 1.95. The maximum Gasteiger partial charge on any atom is 0.316 e. The van der Waals surface area contributed by atoms with Gasteiger partial charge in [0.1, 0.15) is 5.60 Å². The van der Waals surface area contributed by atoms with Gasteiger partial charge in [-0.15, -0.1) is 0 Å². The number of rotatable bonds is 7. The van der Waals surface area contributed by atoms with Crippen LogP contribution in [0.3, 0.4) is 0 Å². The van der Waals surface area contributed by atoms with Crippen molar-refractivity contribution >= 4 is 17.7 Å². The third kappa shape index (κ3) is 6.09. The molecule has 0 saturated carbocycles. The number of nitrogens with one attached hydrogen (secondary N) is 1. The van der Waals surface area contributed by atoms with E-state index in [0.29, 0.717) is 5.75 Å². The molecule has 0 fully saturated rings. The lowest BCUT2D eigenvalue weighted by atomic mass is 10.2. The molecule has 0 atom stereocenters. The minimum atomic E-state index is -0.439. The molecule has 0 aliphatic heterocycles. The van der Waals surface area contributed by atoms with Gasteiger partial charge in [-0.3, -0.25) is 9.48 Å². The van der Waals surface area contributed by atoms with Gasteiger partial charge in [-0.25, -0.2) is 0 Å². The zero-order chi connectivity index (χ0) is 16.0. The Morgan fingerprint density at radius 2 is 2.10 bits per heavy atom. The average Bonchev–Trinajstić information content (AvgIpc) is 2.60. The first-order valence-electron chi connectivity index (χ1n) is 7.32. The number of carbonyl (C=O) groups is 1. The third-order valence-corrected chi connectivity index (χ3v) is 3.93. The van der Waals surface area contributed by atoms with Crippen molar-refractivity contribution in [2.45, 2.75) is 58.2 Å². The molecule has 0 amide bonds. The lowest BCUT2D eigenvalue weighted by Gasteiger charge is -2.19. The highest BCUT2D eigenvalue weighted by molar-refractivity contribution is 7.99. The third-order valence-electron chi connectivity index (χ3n) is 2.76. The molecule has 0 aliphatic carbocycles. The molecule has 120 valence electrons. The van der Waals surface area contributed by atoms with Crippen molar-refractivity contribution in [3.8, 4) is 0 Å². The van der Waals surface area contributed by atoms with Crippen molar-refractivity contribution < 1.29 is 9.53 Å². The van der Waals surface area contributed by atoms with Gasteiger partial charge in [-0.05, 0) is 40.7 Å². The van der Waals surface area contributed by atoms with E-state index in [-0.39, 0.29) is 5.97 Å². The van der Waals surface area contributed by atoms with E-state index in [9.17, 15) is 4.79 Å². The molecule has 6 heteroatoms. The summed E-state index contributed by atoms with van der Waals surface area (Å²) in [7, 11) is 1.91. The fraction of sp³-hybridized carbons (Fsp3) is 0.733. The van der Waals surface area contributed by atoms with Crippen LogP contribution in [0, 0.1) is 6.92 Å². The van der Waals surface area contributed by atoms with E-state index in [1.807, 2.05) is 39.4 Å². The second kappa shape index (κ2) is 7.84. The summed E-state index contributed by atoms with van der Waals surface area (Å²) in [6, 6.07) is 0. The lowest BCUT2D eigenvalue weighted by molar-refractivity contribution is -0.151. The summed E-state index contributed by atoms with van der Waals surface area (Å²) in [4.78, 5) is 11.8. The van der Waals surface area contributed by atoms with Crippen molar-refractivity contribution in [2.24, 2.45) is 7.05 Å². The van der Waals surface area contributed by atoms with Crippen LogP contribution in [-0.4, -0.2) is 33.6 Å². The Kier molecular flexibility index (Phi) is 6.74. The van der Waals surface area contributed by atoms with E-state index in [1.165, 1.54) is 17.3 Å². The molecule has 21 heavy (non-hydrogen) atoms. The van der Waals surface area contributed by atoms with Crippen LogP contribution in [0.15, 0.2) is 5.03 Å². The monoisotopic (exact) mass is 313 g/mol. The zero-order valence-electron chi connectivity index (χ0n) is 13.9. The second-order valence-electron chi connectivity index (χ2n) is 6.04. The number of ether oxygens (including phenoxy) is 1. The van der Waals surface area contributed by atoms with Gasteiger partial charge in [0.25, 0.3) is 0 Å². The number of hydrogen-bond donors (Lipinski definition) is 1. The molecule has 0 aromatic carbocycles. The van der Waals surface area contributed by atoms with E-state index in [4.69, 9.17) is 4.74 Å². The summed E-state index contributed by atoms with van der Waals surface area (Å²) in [5, 5.41) is 8.86. The normalized spacial score (nSPS) is 11.7. The molecule has 1 aromatic rings. The molecule has 1 aromatic heterocycles. The van der Waals surface area contributed by atoms with E-state index in [2.05, 4.69) is 17.3 Å². The maximum absolute atomic E-state index is 11.8. The van der Waals surface area contributed by atoms with E-state index in [0.717, 1.165) is 30.2 Å². The topological polar surface area (TPSA) is 56.2 Å². The van der Waals surface area contributed by atoms with Crippen LogP contribution in [0.5, 0.6) is 0 Å². The van der Waals surface area contributed by atoms with E-state index in [1.54, 1.807) is 0 Å². The Balaban J connectivity index is 2.67. The van der Waals surface area contributed by atoms with Crippen LogP contribution in [0.2, 0.25) is 0 Å². The first-order chi connectivity index (χ1) is 9.74. The highest BCUT2D eigenvalue weighted by Gasteiger charge is 2.19.